The number of hydrogen-bond donors (Lipinski definition) is 3. The summed E-state index contributed by atoms with van der Waals surface area (Å²) < 4.78 is 8.38. The van der Waals surface area contributed by atoms with Gasteiger partial charge in [0.15, 0.2) is 0 Å². The van der Waals surface area contributed by atoms with Gasteiger partial charge in [-0.25, -0.2) is 14.3 Å². The first-order valence-electron chi connectivity index (χ1n) is 11.0. The highest BCUT2D eigenvalue weighted by Crippen LogP contribution is 2.41. The summed E-state index contributed by atoms with van der Waals surface area (Å²) in [6.07, 6.45) is 4.04. The van der Waals surface area contributed by atoms with E-state index < -0.39 is 6.09 Å². The second-order valence-corrected chi connectivity index (χ2v) is 9.20. The van der Waals surface area contributed by atoms with E-state index >= 15 is 0 Å². The maximum Gasteiger partial charge on any atom is 0.416 e. The van der Waals surface area contributed by atoms with Gasteiger partial charge in [-0.3, -0.25) is 9.48 Å². The Bertz CT molecular complexity index is 1440. The molecule has 0 atom stereocenters. The molecule has 0 saturated heterocycles. The largest absolute Gasteiger partial charge is 0.495 e. The summed E-state index contributed by atoms with van der Waals surface area (Å²) in [6.45, 7) is 6.12. The number of amides is 1. The van der Waals surface area contributed by atoms with Crippen LogP contribution in [0.15, 0.2) is 42.9 Å². The van der Waals surface area contributed by atoms with E-state index in [1.807, 2.05) is 20.8 Å². The van der Waals surface area contributed by atoms with E-state index in [1.165, 1.54) is 11.7 Å². The van der Waals surface area contributed by atoms with Crippen LogP contribution in [0.4, 0.5) is 16.3 Å². The lowest BCUT2D eigenvalue weighted by Gasteiger charge is -2.20. The lowest BCUT2D eigenvalue weighted by molar-refractivity contribution is 0.0962. The predicted molar refractivity (Wildman–Crippen MR) is 134 cm³/mol. The lowest BCUT2D eigenvalue weighted by Crippen LogP contribution is -2.17. The van der Waals surface area contributed by atoms with Crippen LogP contribution < -0.4 is 15.4 Å². The Morgan fingerprint density at radius 3 is 2.46 bits per heavy atom. The maximum atomic E-state index is 12.5. The molecule has 35 heavy (non-hydrogen) atoms. The molecule has 0 aliphatic rings. The third kappa shape index (κ3) is 4.30. The molecule has 0 unspecified atom stereocenters. The molecule has 0 aliphatic carbocycles. The molecule has 0 spiro atoms. The number of fused-ring (bicyclic) bond motifs is 1. The molecule has 182 valence electrons. The number of aryl methyl sites for hydroxylation is 1. The van der Waals surface area contributed by atoms with Crippen molar-refractivity contribution in [1.29, 1.82) is 0 Å². The highest BCUT2D eigenvalue weighted by atomic mass is 16.5. The summed E-state index contributed by atoms with van der Waals surface area (Å²) in [5.41, 5.74) is 3.32. The third-order valence-corrected chi connectivity index (χ3v) is 5.73. The van der Waals surface area contributed by atoms with Crippen LogP contribution in [0.25, 0.3) is 22.2 Å². The van der Waals surface area contributed by atoms with Crippen LogP contribution in [-0.2, 0) is 12.5 Å². The van der Waals surface area contributed by atoms with Gasteiger partial charge in [-0.1, -0.05) is 20.8 Å². The van der Waals surface area contributed by atoms with Crippen LogP contribution in [0.1, 0.15) is 36.7 Å². The molecule has 0 bridgehead atoms. The summed E-state index contributed by atoms with van der Waals surface area (Å²) in [6, 6.07) is 6.70. The van der Waals surface area contributed by atoms with Gasteiger partial charge in [0, 0.05) is 49.1 Å². The van der Waals surface area contributed by atoms with Crippen LogP contribution in [0.5, 0.6) is 5.75 Å². The fourth-order valence-electron chi connectivity index (χ4n) is 4.24. The first-order chi connectivity index (χ1) is 16.5. The van der Waals surface area contributed by atoms with Crippen molar-refractivity contribution in [1.82, 2.24) is 24.6 Å². The Labute approximate surface area is 202 Å². The number of anilines is 2. The number of nitrogens with zero attached hydrogens (tertiary/aromatic N) is 4. The number of aromatic nitrogens is 4. The summed E-state index contributed by atoms with van der Waals surface area (Å²) in [4.78, 5) is 29.0. The molecule has 10 nitrogen and oxygen atoms in total. The van der Waals surface area contributed by atoms with Crippen molar-refractivity contribution >= 4 is 34.4 Å². The van der Waals surface area contributed by atoms with Crippen molar-refractivity contribution in [2.24, 2.45) is 7.05 Å². The third-order valence-electron chi connectivity index (χ3n) is 5.73. The zero-order valence-electron chi connectivity index (χ0n) is 20.5. The van der Waals surface area contributed by atoms with E-state index in [1.54, 1.807) is 61.6 Å². The van der Waals surface area contributed by atoms with Crippen molar-refractivity contribution in [3.05, 3.63) is 54.0 Å². The zero-order chi connectivity index (χ0) is 25.5. The van der Waals surface area contributed by atoms with E-state index in [0.717, 1.165) is 10.9 Å². The van der Waals surface area contributed by atoms with Gasteiger partial charge in [0.25, 0.3) is 5.91 Å². The number of carbonyl (C=O) groups excluding carboxylic acids is 1. The number of ether oxygens (including phenoxy) is 1. The minimum absolute atomic E-state index is 0.230. The van der Waals surface area contributed by atoms with E-state index in [-0.39, 0.29) is 11.3 Å². The summed E-state index contributed by atoms with van der Waals surface area (Å²) in [5.74, 6) is 0.654. The highest BCUT2D eigenvalue weighted by Gasteiger charge is 2.30. The molecule has 0 aliphatic heterocycles. The number of benzene rings is 1. The van der Waals surface area contributed by atoms with Crippen molar-refractivity contribution in [3.8, 4) is 17.0 Å². The van der Waals surface area contributed by atoms with Gasteiger partial charge in [0.05, 0.1) is 30.2 Å². The predicted octanol–water partition coefficient (Wildman–Crippen LogP) is 4.37. The molecule has 1 aromatic carbocycles. The van der Waals surface area contributed by atoms with Crippen molar-refractivity contribution in [2.45, 2.75) is 26.2 Å². The molecular formula is C25H28N6O4. The molecule has 3 heterocycles. The second kappa shape index (κ2) is 8.79. The standard InChI is InChI=1S/C25H28N6O4/c1-25(2,3)21-16-12-27-20(29-17-8-7-14(23(32)26-4)9-19(17)35-6)10-18(16)31(24(33)34)22(21)15-11-28-30(5)13-15/h7-13H,1-6H3,(H,26,32)(H,27,29)(H,33,34). The fourth-order valence-corrected chi connectivity index (χ4v) is 4.24. The molecule has 0 saturated carbocycles. The molecule has 0 radical (unpaired) electrons. The molecule has 3 N–H and O–H groups in total. The Kier molecular flexibility index (Phi) is 5.98. The molecule has 10 heteroatoms. The molecule has 4 rings (SSSR count). The van der Waals surface area contributed by atoms with Crippen molar-refractivity contribution in [2.75, 3.05) is 19.5 Å². The normalized spacial score (nSPS) is 11.5. The smallest absolute Gasteiger partial charge is 0.416 e. The monoisotopic (exact) mass is 476 g/mol. The van der Waals surface area contributed by atoms with Crippen LogP contribution >= 0.6 is 0 Å². The minimum Gasteiger partial charge on any atom is -0.495 e. The Morgan fingerprint density at radius 1 is 1.14 bits per heavy atom. The molecular weight excluding hydrogens is 448 g/mol. The average Bonchev–Trinajstić information content (AvgIpc) is 3.39. The first kappa shape index (κ1) is 23.8. The van der Waals surface area contributed by atoms with E-state index in [4.69, 9.17) is 4.74 Å². The van der Waals surface area contributed by atoms with Crippen LogP contribution in [0.3, 0.4) is 0 Å². The molecule has 4 aromatic rings. The highest BCUT2D eigenvalue weighted by molar-refractivity contribution is 6.00. The number of carboxylic acid groups (broad SMARTS) is 1. The number of rotatable bonds is 5. The summed E-state index contributed by atoms with van der Waals surface area (Å²) in [5, 5.41) is 21.0. The van der Waals surface area contributed by atoms with E-state index in [2.05, 4.69) is 20.7 Å². The van der Waals surface area contributed by atoms with Gasteiger partial charge >= 0.3 is 6.09 Å². The van der Waals surface area contributed by atoms with Crippen molar-refractivity contribution in [3.63, 3.8) is 0 Å². The second-order valence-electron chi connectivity index (χ2n) is 9.20. The number of carbonyl (C=O) groups is 2. The van der Waals surface area contributed by atoms with E-state index in [0.29, 0.717) is 39.6 Å². The van der Waals surface area contributed by atoms with Gasteiger partial charge in [-0.15, -0.1) is 0 Å². The fraction of sp³-hybridized carbons (Fsp3) is 0.280. The van der Waals surface area contributed by atoms with Gasteiger partial charge in [0.1, 0.15) is 11.6 Å². The van der Waals surface area contributed by atoms with Crippen molar-refractivity contribution < 1.29 is 19.4 Å². The van der Waals surface area contributed by atoms with Gasteiger partial charge in [-0.2, -0.15) is 5.10 Å². The van der Waals surface area contributed by atoms with Gasteiger partial charge in [0.2, 0.25) is 0 Å². The lowest BCUT2D eigenvalue weighted by atomic mass is 9.84. The number of nitrogens with one attached hydrogen (secondary N) is 2. The summed E-state index contributed by atoms with van der Waals surface area (Å²) in [7, 11) is 4.86. The molecule has 3 aromatic heterocycles. The van der Waals surface area contributed by atoms with Gasteiger partial charge in [-0.05, 0) is 29.2 Å². The molecule has 0 fully saturated rings. The van der Waals surface area contributed by atoms with E-state index in [9.17, 15) is 14.7 Å². The average molecular weight is 477 g/mol. The Hall–Kier alpha value is -4.34. The minimum atomic E-state index is -1.10. The quantitative estimate of drug-likeness (QED) is 0.391. The topological polar surface area (TPSA) is 123 Å². The number of hydrogen-bond acceptors (Lipinski definition) is 6. The van der Waals surface area contributed by atoms with Crippen LogP contribution in [0.2, 0.25) is 0 Å². The number of pyridine rings is 1. The first-order valence-corrected chi connectivity index (χ1v) is 11.0. The maximum absolute atomic E-state index is 12.5. The molecule has 1 amide bonds. The van der Waals surface area contributed by atoms with Gasteiger partial charge < -0.3 is 20.5 Å². The number of methoxy groups -OCH3 is 1. The summed E-state index contributed by atoms with van der Waals surface area (Å²) >= 11 is 0. The Morgan fingerprint density at radius 2 is 1.89 bits per heavy atom. The van der Waals surface area contributed by atoms with Crippen LogP contribution in [-0.4, -0.2) is 50.6 Å². The SMILES string of the molecule is CNC(=O)c1ccc(Nc2cc3c(cn2)c(C(C)(C)C)c(-c2cnn(C)c2)n3C(=O)O)c(OC)c1. The zero-order valence-corrected chi connectivity index (χ0v) is 20.5. The Balaban J connectivity index is 1.89. The van der Waals surface area contributed by atoms with Crippen LogP contribution in [0, 0.1) is 0 Å².